The molecule has 4 aromatic carbocycles. The standard InChI is InChI=1S/C26H23O4P/c27-31(28,25-17-9-7-15-23(25)29-19-21-11-3-1-4-12-21)26-18-10-8-16-24(26)30-20-22-13-5-2-6-14-22/h1-18H,19-20H2,(H,27,28). The highest BCUT2D eigenvalue weighted by Crippen LogP contribution is 2.44. The van der Waals surface area contributed by atoms with E-state index in [1.165, 1.54) is 0 Å². The molecule has 0 aliphatic rings. The number of rotatable bonds is 8. The Morgan fingerprint density at radius 3 is 1.32 bits per heavy atom. The average Bonchev–Trinajstić information content (AvgIpc) is 2.83. The summed E-state index contributed by atoms with van der Waals surface area (Å²) in [7, 11) is -3.97. The third-order valence-corrected chi connectivity index (χ3v) is 6.90. The first-order valence-corrected chi connectivity index (χ1v) is 11.7. The van der Waals surface area contributed by atoms with E-state index in [0.717, 1.165) is 11.1 Å². The molecular formula is C26H23O4P. The Kier molecular flexibility index (Phi) is 6.51. The molecule has 1 N–H and O–H groups in total. The minimum atomic E-state index is -3.97. The van der Waals surface area contributed by atoms with E-state index in [1.54, 1.807) is 48.5 Å². The Balaban J connectivity index is 1.61. The number of hydrogen-bond donors (Lipinski definition) is 1. The molecule has 0 aliphatic heterocycles. The van der Waals surface area contributed by atoms with Gasteiger partial charge >= 0.3 is 0 Å². The Labute approximate surface area is 182 Å². The van der Waals surface area contributed by atoms with E-state index in [0.29, 0.717) is 24.7 Å². The molecule has 0 atom stereocenters. The summed E-state index contributed by atoms with van der Waals surface area (Å²) in [6, 6.07) is 33.2. The number of para-hydroxylation sites is 2. The van der Waals surface area contributed by atoms with Gasteiger partial charge in [0.15, 0.2) is 0 Å². The van der Waals surface area contributed by atoms with Crippen LogP contribution >= 0.6 is 7.37 Å². The van der Waals surface area contributed by atoms with Crippen molar-refractivity contribution in [3.63, 3.8) is 0 Å². The lowest BCUT2D eigenvalue weighted by molar-refractivity contribution is 0.307. The predicted molar refractivity (Wildman–Crippen MR) is 124 cm³/mol. The van der Waals surface area contributed by atoms with Crippen molar-refractivity contribution < 1.29 is 18.9 Å². The average molecular weight is 430 g/mol. The van der Waals surface area contributed by atoms with Crippen LogP contribution in [0.2, 0.25) is 0 Å². The van der Waals surface area contributed by atoms with E-state index in [-0.39, 0.29) is 10.6 Å². The lowest BCUT2D eigenvalue weighted by Crippen LogP contribution is -2.20. The van der Waals surface area contributed by atoms with Crippen LogP contribution in [-0.2, 0) is 17.8 Å². The molecule has 0 heterocycles. The van der Waals surface area contributed by atoms with Crippen molar-refractivity contribution in [3.8, 4) is 11.5 Å². The molecule has 0 fully saturated rings. The second kappa shape index (κ2) is 9.65. The predicted octanol–water partition coefficient (Wildman–Crippen LogP) is 5.07. The largest absolute Gasteiger partial charge is 0.488 e. The maximum atomic E-state index is 13.7. The van der Waals surface area contributed by atoms with Gasteiger partial charge in [0.2, 0.25) is 0 Å². The first kappa shape index (κ1) is 20.9. The lowest BCUT2D eigenvalue weighted by Gasteiger charge is -2.19. The van der Waals surface area contributed by atoms with Crippen molar-refractivity contribution >= 4 is 18.0 Å². The third-order valence-electron chi connectivity index (χ3n) is 4.86. The SMILES string of the molecule is O=P(O)(c1ccccc1OCc1ccccc1)c1ccccc1OCc1ccccc1. The summed E-state index contributed by atoms with van der Waals surface area (Å²) in [5, 5.41) is 0.503. The van der Waals surface area contributed by atoms with Crippen LogP contribution in [0.25, 0.3) is 0 Å². The second-order valence-corrected chi connectivity index (χ2v) is 9.18. The van der Waals surface area contributed by atoms with Crippen LogP contribution in [0.3, 0.4) is 0 Å². The van der Waals surface area contributed by atoms with Crippen LogP contribution < -0.4 is 20.1 Å². The van der Waals surface area contributed by atoms with Crippen LogP contribution in [-0.4, -0.2) is 4.89 Å². The molecule has 0 aliphatic carbocycles. The summed E-state index contributed by atoms with van der Waals surface area (Å²) in [5.41, 5.74) is 1.97. The molecule has 0 saturated heterocycles. The van der Waals surface area contributed by atoms with Gasteiger partial charge in [-0.15, -0.1) is 0 Å². The van der Waals surface area contributed by atoms with Gasteiger partial charge in [-0.3, -0.25) is 4.57 Å². The van der Waals surface area contributed by atoms with E-state index < -0.39 is 7.37 Å². The van der Waals surface area contributed by atoms with Gasteiger partial charge in [-0.05, 0) is 35.4 Å². The topological polar surface area (TPSA) is 55.8 Å². The smallest absolute Gasteiger partial charge is 0.266 e. The van der Waals surface area contributed by atoms with E-state index in [2.05, 4.69) is 0 Å². The van der Waals surface area contributed by atoms with Crippen LogP contribution in [0, 0.1) is 0 Å². The Bertz CT molecular complexity index is 1090. The normalized spacial score (nSPS) is 11.1. The molecule has 5 heteroatoms. The molecule has 31 heavy (non-hydrogen) atoms. The Morgan fingerprint density at radius 1 is 0.548 bits per heavy atom. The van der Waals surface area contributed by atoms with Crippen LogP contribution in [0.15, 0.2) is 109 Å². The minimum absolute atomic E-state index is 0.252. The molecule has 0 aromatic heterocycles. The summed E-state index contributed by atoms with van der Waals surface area (Å²) >= 11 is 0. The van der Waals surface area contributed by atoms with Crippen LogP contribution in [0.1, 0.15) is 11.1 Å². The zero-order chi connectivity index (χ0) is 21.5. The van der Waals surface area contributed by atoms with Crippen LogP contribution in [0.5, 0.6) is 11.5 Å². The van der Waals surface area contributed by atoms with Crippen molar-refractivity contribution in [3.05, 3.63) is 120 Å². The molecule has 0 bridgehead atoms. The van der Waals surface area contributed by atoms with Crippen LogP contribution in [0.4, 0.5) is 0 Å². The fourth-order valence-corrected chi connectivity index (χ4v) is 4.97. The Morgan fingerprint density at radius 2 is 0.903 bits per heavy atom. The van der Waals surface area contributed by atoms with Crippen molar-refractivity contribution in [2.24, 2.45) is 0 Å². The molecule has 4 aromatic rings. The first-order valence-electron chi connectivity index (χ1n) is 10.00. The van der Waals surface area contributed by atoms with Gasteiger partial charge < -0.3 is 14.4 Å². The lowest BCUT2D eigenvalue weighted by atomic mass is 10.2. The number of benzene rings is 4. The molecule has 4 rings (SSSR count). The molecule has 156 valence electrons. The highest BCUT2D eigenvalue weighted by atomic mass is 31.2. The van der Waals surface area contributed by atoms with Gasteiger partial charge in [-0.1, -0.05) is 84.9 Å². The van der Waals surface area contributed by atoms with Gasteiger partial charge in [-0.25, -0.2) is 0 Å². The summed E-state index contributed by atoms with van der Waals surface area (Å²) < 4.78 is 25.5. The maximum Gasteiger partial charge on any atom is 0.266 e. The second-order valence-electron chi connectivity index (χ2n) is 7.06. The van der Waals surface area contributed by atoms with Gasteiger partial charge in [0, 0.05) is 0 Å². The fourth-order valence-electron chi connectivity index (χ4n) is 3.26. The van der Waals surface area contributed by atoms with Crippen molar-refractivity contribution in [2.45, 2.75) is 13.2 Å². The van der Waals surface area contributed by atoms with Crippen molar-refractivity contribution in [1.29, 1.82) is 0 Å². The van der Waals surface area contributed by atoms with E-state index in [4.69, 9.17) is 9.47 Å². The molecule has 0 spiro atoms. The molecule has 0 amide bonds. The fraction of sp³-hybridized carbons (Fsp3) is 0.0769. The molecule has 0 radical (unpaired) electrons. The third kappa shape index (κ3) is 5.05. The summed E-state index contributed by atoms with van der Waals surface area (Å²) in [6.07, 6.45) is 0. The zero-order valence-corrected chi connectivity index (χ0v) is 17.8. The van der Waals surface area contributed by atoms with Crippen molar-refractivity contribution in [2.75, 3.05) is 0 Å². The molecule has 0 saturated carbocycles. The quantitative estimate of drug-likeness (QED) is 0.397. The number of hydrogen-bond acceptors (Lipinski definition) is 3. The Hall–Kier alpha value is -3.33. The maximum absolute atomic E-state index is 13.7. The van der Waals surface area contributed by atoms with E-state index in [1.807, 2.05) is 60.7 Å². The van der Waals surface area contributed by atoms with E-state index in [9.17, 15) is 9.46 Å². The zero-order valence-electron chi connectivity index (χ0n) is 16.9. The van der Waals surface area contributed by atoms with Gasteiger partial charge in [0.1, 0.15) is 24.7 Å². The minimum Gasteiger partial charge on any atom is -0.488 e. The summed E-state index contributed by atoms with van der Waals surface area (Å²) in [4.78, 5) is 11.2. The molecule has 0 unspecified atom stereocenters. The highest BCUT2D eigenvalue weighted by Gasteiger charge is 2.31. The van der Waals surface area contributed by atoms with E-state index >= 15 is 0 Å². The van der Waals surface area contributed by atoms with Gasteiger partial charge in [0.25, 0.3) is 7.37 Å². The highest BCUT2D eigenvalue weighted by molar-refractivity contribution is 7.73. The summed E-state index contributed by atoms with van der Waals surface area (Å²) in [6.45, 7) is 0.619. The summed E-state index contributed by atoms with van der Waals surface area (Å²) in [5.74, 6) is 0.769. The first-order chi connectivity index (χ1) is 15.1. The molecular weight excluding hydrogens is 407 g/mol. The van der Waals surface area contributed by atoms with Gasteiger partial charge in [-0.2, -0.15) is 0 Å². The van der Waals surface area contributed by atoms with Gasteiger partial charge in [0.05, 0.1) is 10.6 Å². The monoisotopic (exact) mass is 430 g/mol. The molecule has 4 nitrogen and oxygen atoms in total. The number of ether oxygens (including phenoxy) is 2. The van der Waals surface area contributed by atoms with Crippen molar-refractivity contribution in [1.82, 2.24) is 0 Å².